The average Bonchev–Trinajstić information content (AvgIpc) is 2.92. The zero-order chi connectivity index (χ0) is 15.1. The summed E-state index contributed by atoms with van der Waals surface area (Å²) < 4.78 is 16.1. The molecule has 0 aliphatic heterocycles. The van der Waals surface area contributed by atoms with Crippen LogP contribution in [0.3, 0.4) is 0 Å². The van der Waals surface area contributed by atoms with E-state index in [0.717, 1.165) is 0 Å². The summed E-state index contributed by atoms with van der Waals surface area (Å²) in [4.78, 5) is 12.1. The first-order valence-corrected chi connectivity index (χ1v) is 6.91. The third kappa shape index (κ3) is 2.23. The number of nitrogens with one attached hydrogen (secondary N) is 1. The molecule has 3 rings (SSSR count). The maximum absolute atomic E-state index is 14.5. The highest BCUT2D eigenvalue weighted by Crippen LogP contribution is 2.32. The quantitative estimate of drug-likeness (QED) is 0.783. The Labute approximate surface area is 125 Å². The van der Waals surface area contributed by atoms with Crippen molar-refractivity contribution in [2.24, 2.45) is 0 Å². The Morgan fingerprint density at radius 3 is 2.81 bits per heavy atom. The second kappa shape index (κ2) is 5.00. The van der Waals surface area contributed by atoms with Crippen molar-refractivity contribution in [3.8, 4) is 11.1 Å². The van der Waals surface area contributed by atoms with E-state index in [1.807, 2.05) is 13.8 Å². The van der Waals surface area contributed by atoms with Crippen molar-refractivity contribution in [2.45, 2.75) is 19.9 Å². The van der Waals surface area contributed by atoms with E-state index in [1.165, 1.54) is 12.1 Å². The Bertz CT molecular complexity index is 882. The van der Waals surface area contributed by atoms with Crippen LogP contribution >= 0.6 is 11.6 Å². The van der Waals surface area contributed by atoms with Crippen molar-refractivity contribution >= 4 is 22.5 Å². The molecule has 0 aliphatic carbocycles. The molecule has 0 unspecified atom stereocenters. The van der Waals surface area contributed by atoms with Gasteiger partial charge in [0.25, 0.3) is 5.56 Å². The maximum Gasteiger partial charge on any atom is 0.251 e. The lowest BCUT2D eigenvalue weighted by atomic mass is 10.0. The zero-order valence-electron chi connectivity index (χ0n) is 11.5. The third-order valence-corrected chi connectivity index (χ3v) is 3.74. The molecule has 21 heavy (non-hydrogen) atoms. The van der Waals surface area contributed by atoms with Gasteiger partial charge in [0, 0.05) is 35.5 Å². The van der Waals surface area contributed by atoms with Crippen molar-refractivity contribution < 1.29 is 4.39 Å². The van der Waals surface area contributed by atoms with Crippen LogP contribution in [0, 0.1) is 5.82 Å². The van der Waals surface area contributed by atoms with Gasteiger partial charge in [-0.3, -0.25) is 9.89 Å². The van der Waals surface area contributed by atoms with Crippen LogP contribution in [0.2, 0.25) is 5.02 Å². The predicted molar refractivity (Wildman–Crippen MR) is 81.1 cm³/mol. The van der Waals surface area contributed by atoms with Gasteiger partial charge in [0.15, 0.2) is 5.82 Å². The largest absolute Gasteiger partial charge is 0.313 e. The molecule has 1 aromatic carbocycles. The summed E-state index contributed by atoms with van der Waals surface area (Å²) in [5, 5.41) is 7.37. The van der Waals surface area contributed by atoms with E-state index in [9.17, 15) is 9.18 Å². The first-order chi connectivity index (χ1) is 9.99. The lowest BCUT2D eigenvalue weighted by Crippen LogP contribution is -2.20. The average molecular weight is 306 g/mol. The van der Waals surface area contributed by atoms with Crippen molar-refractivity contribution in [1.29, 1.82) is 0 Å². The summed E-state index contributed by atoms with van der Waals surface area (Å²) in [7, 11) is 0. The van der Waals surface area contributed by atoms with Crippen LogP contribution in [-0.4, -0.2) is 14.8 Å². The fourth-order valence-corrected chi connectivity index (χ4v) is 2.58. The summed E-state index contributed by atoms with van der Waals surface area (Å²) >= 11 is 6.14. The minimum Gasteiger partial charge on any atom is -0.313 e. The molecular weight excluding hydrogens is 293 g/mol. The van der Waals surface area contributed by atoms with Crippen LogP contribution in [0.1, 0.15) is 19.9 Å². The Kier molecular flexibility index (Phi) is 3.29. The Morgan fingerprint density at radius 2 is 2.14 bits per heavy atom. The van der Waals surface area contributed by atoms with E-state index in [-0.39, 0.29) is 22.7 Å². The first kappa shape index (κ1) is 13.8. The van der Waals surface area contributed by atoms with E-state index < -0.39 is 5.82 Å². The molecule has 0 saturated heterocycles. The van der Waals surface area contributed by atoms with Gasteiger partial charge in [-0.2, -0.15) is 5.10 Å². The number of benzene rings is 1. The van der Waals surface area contributed by atoms with Crippen LogP contribution in [0.4, 0.5) is 4.39 Å². The molecule has 0 atom stereocenters. The number of hydrogen-bond acceptors (Lipinski definition) is 2. The van der Waals surface area contributed by atoms with Gasteiger partial charge in [0.1, 0.15) is 5.52 Å². The van der Waals surface area contributed by atoms with Gasteiger partial charge in [-0.1, -0.05) is 11.6 Å². The minimum absolute atomic E-state index is 0.0498. The molecule has 0 radical (unpaired) electrons. The minimum atomic E-state index is -0.489. The summed E-state index contributed by atoms with van der Waals surface area (Å²) in [6.07, 6.45) is 3.20. The predicted octanol–water partition coefficient (Wildman–Crippen LogP) is 3.77. The molecule has 6 heteroatoms. The van der Waals surface area contributed by atoms with Crippen molar-refractivity contribution in [3.05, 3.63) is 51.8 Å². The van der Waals surface area contributed by atoms with Crippen molar-refractivity contribution in [1.82, 2.24) is 14.8 Å². The molecule has 0 fully saturated rings. The van der Waals surface area contributed by atoms with Gasteiger partial charge in [-0.25, -0.2) is 4.39 Å². The number of aromatic nitrogens is 3. The van der Waals surface area contributed by atoms with Crippen LogP contribution in [0.5, 0.6) is 0 Å². The standard InChI is InChI=1S/C15H13ClFN3O/c1-8(2)20-4-3-9(5-13(20)21)10-6-12(16)11-7-18-19-15(11)14(10)17/h3-8H,1-2H3,(H,18,19). The van der Waals surface area contributed by atoms with E-state index in [1.54, 1.807) is 23.0 Å². The molecule has 0 spiro atoms. The maximum atomic E-state index is 14.5. The Morgan fingerprint density at radius 1 is 1.38 bits per heavy atom. The molecular formula is C15H13ClFN3O. The Hall–Kier alpha value is -2.14. The number of nitrogens with zero attached hydrogens (tertiary/aromatic N) is 2. The van der Waals surface area contributed by atoms with Gasteiger partial charge in [-0.05, 0) is 31.5 Å². The van der Waals surface area contributed by atoms with Gasteiger partial charge in [0.2, 0.25) is 0 Å². The highest BCUT2D eigenvalue weighted by molar-refractivity contribution is 6.35. The number of halogens is 2. The van der Waals surface area contributed by atoms with E-state index in [2.05, 4.69) is 10.2 Å². The number of hydrogen-bond donors (Lipinski definition) is 1. The zero-order valence-corrected chi connectivity index (χ0v) is 12.3. The van der Waals surface area contributed by atoms with E-state index in [4.69, 9.17) is 11.6 Å². The smallest absolute Gasteiger partial charge is 0.251 e. The van der Waals surface area contributed by atoms with E-state index in [0.29, 0.717) is 16.0 Å². The van der Waals surface area contributed by atoms with E-state index >= 15 is 0 Å². The fourth-order valence-electron chi connectivity index (χ4n) is 2.33. The highest BCUT2D eigenvalue weighted by Gasteiger charge is 2.15. The Balaban J connectivity index is 2.23. The topological polar surface area (TPSA) is 50.7 Å². The number of aromatic amines is 1. The van der Waals surface area contributed by atoms with Crippen molar-refractivity contribution in [3.63, 3.8) is 0 Å². The first-order valence-electron chi connectivity index (χ1n) is 6.53. The SMILES string of the molecule is CC(C)n1ccc(-c2cc(Cl)c3c[nH]nc3c2F)cc1=O. The number of rotatable bonds is 2. The highest BCUT2D eigenvalue weighted by atomic mass is 35.5. The second-order valence-corrected chi connectivity index (χ2v) is 5.53. The lowest BCUT2D eigenvalue weighted by Gasteiger charge is -2.11. The molecule has 0 saturated carbocycles. The van der Waals surface area contributed by atoms with Gasteiger partial charge >= 0.3 is 0 Å². The van der Waals surface area contributed by atoms with Crippen molar-refractivity contribution in [2.75, 3.05) is 0 Å². The molecule has 0 amide bonds. The van der Waals surface area contributed by atoms with Crippen LogP contribution in [-0.2, 0) is 0 Å². The fraction of sp³-hybridized carbons (Fsp3) is 0.200. The summed E-state index contributed by atoms with van der Waals surface area (Å²) in [6, 6.07) is 4.68. The van der Waals surface area contributed by atoms with Gasteiger partial charge in [0.05, 0.1) is 5.02 Å². The monoisotopic (exact) mass is 305 g/mol. The molecule has 108 valence electrons. The summed E-state index contributed by atoms with van der Waals surface area (Å²) in [5.41, 5.74) is 0.750. The van der Waals surface area contributed by atoms with Crippen LogP contribution in [0.25, 0.3) is 22.0 Å². The van der Waals surface area contributed by atoms with Gasteiger partial charge in [-0.15, -0.1) is 0 Å². The van der Waals surface area contributed by atoms with Crippen LogP contribution in [0.15, 0.2) is 35.4 Å². The summed E-state index contributed by atoms with van der Waals surface area (Å²) in [6.45, 7) is 3.82. The molecule has 4 nitrogen and oxygen atoms in total. The molecule has 2 aromatic heterocycles. The number of pyridine rings is 1. The van der Waals surface area contributed by atoms with Crippen LogP contribution < -0.4 is 5.56 Å². The molecule has 0 bridgehead atoms. The molecule has 1 N–H and O–H groups in total. The second-order valence-electron chi connectivity index (χ2n) is 5.12. The number of H-pyrrole nitrogens is 1. The molecule has 3 aromatic rings. The summed E-state index contributed by atoms with van der Waals surface area (Å²) in [5.74, 6) is -0.489. The molecule has 2 heterocycles. The van der Waals surface area contributed by atoms with Gasteiger partial charge < -0.3 is 4.57 Å². The third-order valence-electron chi connectivity index (χ3n) is 3.43. The normalized spacial score (nSPS) is 11.5. The molecule has 0 aliphatic rings. The lowest BCUT2D eigenvalue weighted by molar-refractivity contribution is 0.578. The number of fused-ring (bicyclic) bond motifs is 1.